The molecule has 0 radical (unpaired) electrons. The van der Waals surface area contributed by atoms with E-state index in [4.69, 9.17) is 10.8 Å². The van der Waals surface area contributed by atoms with E-state index in [2.05, 4.69) is 11.8 Å². The van der Waals surface area contributed by atoms with Crippen LogP contribution in [0, 0.1) is 0 Å². The van der Waals surface area contributed by atoms with Crippen molar-refractivity contribution in [2.24, 2.45) is 5.73 Å². The van der Waals surface area contributed by atoms with Crippen molar-refractivity contribution < 1.29 is 5.11 Å². The summed E-state index contributed by atoms with van der Waals surface area (Å²) in [5, 5.41) is 9.12. The third kappa shape index (κ3) is 3.95. The number of rotatable bonds is 7. The highest BCUT2D eigenvalue weighted by Crippen LogP contribution is 2.27. The fourth-order valence-corrected chi connectivity index (χ4v) is 1.71. The molecule has 3 heteroatoms. The fourth-order valence-electron chi connectivity index (χ4n) is 1.71. The Labute approximate surface area is 87.3 Å². The van der Waals surface area contributed by atoms with Crippen LogP contribution in [0.2, 0.25) is 0 Å². The Hall–Kier alpha value is -0.120. The van der Waals surface area contributed by atoms with Gasteiger partial charge in [-0.2, -0.15) is 0 Å². The molecule has 1 saturated carbocycles. The highest BCUT2D eigenvalue weighted by Gasteiger charge is 2.32. The van der Waals surface area contributed by atoms with Crippen LogP contribution in [0.15, 0.2) is 0 Å². The van der Waals surface area contributed by atoms with Crippen LogP contribution in [0.4, 0.5) is 0 Å². The van der Waals surface area contributed by atoms with E-state index >= 15 is 0 Å². The zero-order valence-electron chi connectivity index (χ0n) is 9.50. The minimum Gasteiger partial charge on any atom is -0.394 e. The van der Waals surface area contributed by atoms with Crippen LogP contribution in [0.3, 0.4) is 0 Å². The molecule has 1 rings (SSSR count). The highest BCUT2D eigenvalue weighted by molar-refractivity contribution is 4.90. The number of nitrogens with zero attached hydrogens (tertiary/aromatic N) is 1. The summed E-state index contributed by atoms with van der Waals surface area (Å²) in [4.78, 5) is 2.44. The van der Waals surface area contributed by atoms with Crippen LogP contribution < -0.4 is 5.73 Å². The SMILES string of the molecule is CCCCN(CC(C)(N)CO)C1CC1. The molecule has 0 amide bonds. The first kappa shape index (κ1) is 12.0. The van der Waals surface area contributed by atoms with Crippen molar-refractivity contribution in [2.45, 2.75) is 51.1 Å². The average Bonchev–Trinajstić information content (AvgIpc) is 2.95. The number of unbranched alkanes of at least 4 members (excludes halogenated alkanes) is 1. The first-order chi connectivity index (χ1) is 6.59. The predicted molar refractivity (Wildman–Crippen MR) is 59.2 cm³/mol. The smallest absolute Gasteiger partial charge is 0.0621 e. The summed E-state index contributed by atoms with van der Waals surface area (Å²) < 4.78 is 0. The summed E-state index contributed by atoms with van der Waals surface area (Å²) in [6, 6.07) is 0.746. The monoisotopic (exact) mass is 200 g/mol. The molecule has 1 aliphatic carbocycles. The van der Waals surface area contributed by atoms with E-state index in [0.29, 0.717) is 0 Å². The molecule has 0 aliphatic heterocycles. The average molecular weight is 200 g/mol. The third-order valence-corrected chi connectivity index (χ3v) is 2.79. The summed E-state index contributed by atoms with van der Waals surface area (Å²) in [6.45, 7) is 6.16. The van der Waals surface area contributed by atoms with Crippen molar-refractivity contribution in [1.82, 2.24) is 4.90 Å². The van der Waals surface area contributed by atoms with Gasteiger partial charge < -0.3 is 10.8 Å². The van der Waals surface area contributed by atoms with Gasteiger partial charge in [0, 0.05) is 18.1 Å². The molecule has 1 aliphatic rings. The molecule has 0 spiro atoms. The Morgan fingerprint density at radius 3 is 2.57 bits per heavy atom. The Balaban J connectivity index is 2.34. The molecule has 84 valence electrons. The van der Waals surface area contributed by atoms with E-state index in [1.807, 2.05) is 6.92 Å². The molecule has 0 saturated heterocycles. The fraction of sp³-hybridized carbons (Fsp3) is 1.00. The number of aliphatic hydroxyl groups is 1. The van der Waals surface area contributed by atoms with Crippen molar-refractivity contribution in [2.75, 3.05) is 19.7 Å². The van der Waals surface area contributed by atoms with Crippen LogP contribution in [0.5, 0.6) is 0 Å². The topological polar surface area (TPSA) is 49.5 Å². The summed E-state index contributed by atoms with van der Waals surface area (Å²) >= 11 is 0. The molecule has 3 N–H and O–H groups in total. The summed E-state index contributed by atoms with van der Waals surface area (Å²) in [5.74, 6) is 0. The van der Waals surface area contributed by atoms with E-state index in [1.54, 1.807) is 0 Å². The lowest BCUT2D eigenvalue weighted by atomic mass is 10.0. The van der Waals surface area contributed by atoms with Crippen LogP contribution in [0.1, 0.15) is 39.5 Å². The molecule has 3 nitrogen and oxygen atoms in total. The van der Waals surface area contributed by atoms with Crippen molar-refractivity contribution in [3.05, 3.63) is 0 Å². The Bertz CT molecular complexity index is 167. The molecule has 0 bridgehead atoms. The molecule has 0 heterocycles. The van der Waals surface area contributed by atoms with Gasteiger partial charge in [0.1, 0.15) is 0 Å². The Morgan fingerprint density at radius 2 is 2.14 bits per heavy atom. The zero-order valence-corrected chi connectivity index (χ0v) is 9.50. The second-order valence-corrected chi connectivity index (χ2v) is 4.87. The van der Waals surface area contributed by atoms with Crippen LogP contribution in [-0.2, 0) is 0 Å². The Kier molecular flexibility index (Phi) is 4.35. The number of nitrogens with two attached hydrogens (primary N) is 1. The van der Waals surface area contributed by atoms with Gasteiger partial charge in [-0.3, -0.25) is 4.90 Å². The van der Waals surface area contributed by atoms with Crippen LogP contribution in [-0.4, -0.2) is 41.3 Å². The number of aliphatic hydroxyl groups excluding tert-OH is 1. The molecule has 1 unspecified atom stereocenters. The van der Waals surface area contributed by atoms with Gasteiger partial charge >= 0.3 is 0 Å². The van der Waals surface area contributed by atoms with Crippen molar-refractivity contribution in [3.63, 3.8) is 0 Å². The second kappa shape index (κ2) is 5.10. The van der Waals surface area contributed by atoms with Crippen LogP contribution >= 0.6 is 0 Å². The molecule has 1 atom stereocenters. The van der Waals surface area contributed by atoms with Gasteiger partial charge in [0.25, 0.3) is 0 Å². The Morgan fingerprint density at radius 1 is 1.50 bits per heavy atom. The van der Waals surface area contributed by atoms with Gasteiger partial charge in [-0.25, -0.2) is 0 Å². The van der Waals surface area contributed by atoms with E-state index in [1.165, 1.54) is 25.7 Å². The second-order valence-electron chi connectivity index (χ2n) is 4.87. The van der Waals surface area contributed by atoms with E-state index in [-0.39, 0.29) is 6.61 Å². The molecule has 0 aromatic rings. The van der Waals surface area contributed by atoms with Crippen molar-refractivity contribution in [3.8, 4) is 0 Å². The van der Waals surface area contributed by atoms with Gasteiger partial charge in [0.2, 0.25) is 0 Å². The maximum Gasteiger partial charge on any atom is 0.0621 e. The highest BCUT2D eigenvalue weighted by atomic mass is 16.3. The van der Waals surface area contributed by atoms with Crippen molar-refractivity contribution >= 4 is 0 Å². The molecular weight excluding hydrogens is 176 g/mol. The lowest BCUT2D eigenvalue weighted by molar-refractivity contribution is 0.142. The minimum atomic E-state index is -0.434. The van der Waals surface area contributed by atoms with E-state index in [0.717, 1.165) is 19.1 Å². The number of hydrogen-bond acceptors (Lipinski definition) is 3. The largest absolute Gasteiger partial charge is 0.394 e. The number of hydrogen-bond donors (Lipinski definition) is 2. The predicted octanol–water partition coefficient (Wildman–Crippen LogP) is 0.961. The molecular formula is C11H24N2O. The quantitative estimate of drug-likeness (QED) is 0.643. The van der Waals surface area contributed by atoms with Gasteiger partial charge in [-0.05, 0) is 32.7 Å². The standard InChI is InChI=1S/C11H24N2O/c1-3-4-7-13(10-5-6-10)8-11(2,12)9-14/h10,14H,3-9,12H2,1-2H3. The van der Waals surface area contributed by atoms with E-state index < -0.39 is 5.54 Å². The lowest BCUT2D eigenvalue weighted by Gasteiger charge is -2.31. The minimum absolute atomic E-state index is 0.0718. The maximum atomic E-state index is 9.12. The molecule has 1 fully saturated rings. The zero-order chi connectivity index (χ0) is 10.6. The lowest BCUT2D eigenvalue weighted by Crippen LogP contribution is -2.51. The normalized spacial score (nSPS) is 21.2. The van der Waals surface area contributed by atoms with Gasteiger partial charge in [-0.15, -0.1) is 0 Å². The van der Waals surface area contributed by atoms with Crippen LogP contribution in [0.25, 0.3) is 0 Å². The van der Waals surface area contributed by atoms with Crippen molar-refractivity contribution in [1.29, 1.82) is 0 Å². The summed E-state index contributed by atoms with van der Waals surface area (Å²) in [7, 11) is 0. The van der Waals surface area contributed by atoms with Gasteiger partial charge in [0.05, 0.1) is 6.61 Å². The third-order valence-electron chi connectivity index (χ3n) is 2.79. The first-order valence-corrected chi connectivity index (χ1v) is 5.73. The van der Waals surface area contributed by atoms with Gasteiger partial charge in [-0.1, -0.05) is 13.3 Å². The van der Waals surface area contributed by atoms with E-state index in [9.17, 15) is 0 Å². The first-order valence-electron chi connectivity index (χ1n) is 5.73. The van der Waals surface area contributed by atoms with Gasteiger partial charge in [0.15, 0.2) is 0 Å². The maximum absolute atomic E-state index is 9.12. The molecule has 0 aromatic carbocycles. The summed E-state index contributed by atoms with van der Waals surface area (Å²) in [6.07, 6.45) is 5.08. The summed E-state index contributed by atoms with van der Waals surface area (Å²) in [5.41, 5.74) is 5.53. The molecule has 14 heavy (non-hydrogen) atoms. The molecule has 0 aromatic heterocycles.